The summed E-state index contributed by atoms with van der Waals surface area (Å²) in [5, 5.41) is 6.05. The predicted octanol–water partition coefficient (Wildman–Crippen LogP) is 3.09. The number of hydrogen-bond donors (Lipinski definition) is 1. The minimum Gasteiger partial charge on any atom is -0.355 e. The first-order valence-electron chi connectivity index (χ1n) is 5.19. The van der Waals surface area contributed by atoms with Crippen LogP contribution >= 0.6 is 27.3 Å². The molecule has 1 aromatic carbocycles. The summed E-state index contributed by atoms with van der Waals surface area (Å²) in [6.07, 6.45) is 0.724. The topological polar surface area (TPSA) is 29.1 Å². The standard InChI is InChI=1S/C12H11BrFNOS/c13-6-12(16)15-4-3-8-7-17-11-2-1-9(14)5-10(8)11/h1-2,5,7H,3-4,6H2,(H,15,16). The maximum absolute atomic E-state index is 13.1. The second-order valence-corrected chi connectivity index (χ2v) is 5.11. The van der Waals surface area contributed by atoms with Gasteiger partial charge in [-0.1, -0.05) is 15.9 Å². The van der Waals surface area contributed by atoms with Crippen molar-refractivity contribution in [3.8, 4) is 0 Å². The number of nitrogens with one attached hydrogen (secondary N) is 1. The van der Waals surface area contributed by atoms with Crippen LogP contribution in [0, 0.1) is 5.82 Å². The minimum atomic E-state index is -0.221. The van der Waals surface area contributed by atoms with E-state index in [-0.39, 0.29) is 11.7 Å². The fraction of sp³-hybridized carbons (Fsp3) is 0.250. The Hall–Kier alpha value is -0.940. The number of halogens is 2. The van der Waals surface area contributed by atoms with Gasteiger partial charge < -0.3 is 5.32 Å². The average Bonchev–Trinajstić information content (AvgIpc) is 2.72. The summed E-state index contributed by atoms with van der Waals surface area (Å²) in [7, 11) is 0. The Balaban J connectivity index is 2.08. The molecule has 1 heterocycles. The van der Waals surface area contributed by atoms with E-state index in [0.717, 1.165) is 22.1 Å². The SMILES string of the molecule is O=C(CBr)NCCc1csc2ccc(F)cc12. The van der Waals surface area contributed by atoms with Crippen LogP contribution < -0.4 is 5.32 Å². The molecule has 0 aliphatic carbocycles. The number of amides is 1. The highest BCUT2D eigenvalue weighted by Crippen LogP contribution is 2.26. The van der Waals surface area contributed by atoms with Gasteiger partial charge in [0.05, 0.1) is 5.33 Å². The third-order valence-corrected chi connectivity index (χ3v) is 3.98. The molecule has 2 rings (SSSR count). The number of benzene rings is 1. The molecule has 90 valence electrons. The Kier molecular flexibility index (Phi) is 4.12. The minimum absolute atomic E-state index is 0.0317. The molecule has 0 spiro atoms. The lowest BCUT2D eigenvalue weighted by molar-refractivity contribution is -0.118. The summed E-state index contributed by atoms with van der Waals surface area (Å²) in [6, 6.07) is 4.80. The van der Waals surface area contributed by atoms with E-state index in [2.05, 4.69) is 21.2 Å². The van der Waals surface area contributed by atoms with Crippen LogP contribution in [0.15, 0.2) is 23.6 Å². The molecule has 0 saturated heterocycles. The lowest BCUT2D eigenvalue weighted by Crippen LogP contribution is -2.26. The summed E-state index contributed by atoms with van der Waals surface area (Å²) in [6.45, 7) is 0.576. The van der Waals surface area contributed by atoms with E-state index in [1.807, 2.05) is 5.38 Å². The van der Waals surface area contributed by atoms with Crippen LogP contribution in [-0.4, -0.2) is 17.8 Å². The van der Waals surface area contributed by atoms with E-state index in [4.69, 9.17) is 0 Å². The van der Waals surface area contributed by atoms with Crippen molar-refractivity contribution < 1.29 is 9.18 Å². The van der Waals surface area contributed by atoms with Crippen LogP contribution in [0.1, 0.15) is 5.56 Å². The van der Waals surface area contributed by atoms with Gasteiger partial charge in [0, 0.05) is 11.2 Å². The highest BCUT2D eigenvalue weighted by atomic mass is 79.9. The Morgan fingerprint density at radius 1 is 1.47 bits per heavy atom. The van der Waals surface area contributed by atoms with Crippen LogP contribution in [-0.2, 0) is 11.2 Å². The van der Waals surface area contributed by atoms with Gasteiger partial charge in [0.1, 0.15) is 5.82 Å². The molecule has 2 nitrogen and oxygen atoms in total. The van der Waals surface area contributed by atoms with Gasteiger partial charge in [0.2, 0.25) is 5.91 Å². The number of thiophene rings is 1. The quantitative estimate of drug-likeness (QED) is 0.863. The maximum Gasteiger partial charge on any atom is 0.230 e. The van der Waals surface area contributed by atoms with Crippen LogP contribution in [0.25, 0.3) is 10.1 Å². The second kappa shape index (κ2) is 5.60. The third kappa shape index (κ3) is 3.04. The summed E-state index contributed by atoms with van der Waals surface area (Å²) < 4.78 is 14.2. The normalized spacial score (nSPS) is 10.7. The highest BCUT2D eigenvalue weighted by molar-refractivity contribution is 9.09. The molecular formula is C12H11BrFNOS. The molecule has 1 N–H and O–H groups in total. The molecule has 0 atom stereocenters. The van der Waals surface area contributed by atoms with Gasteiger partial charge in [-0.3, -0.25) is 4.79 Å². The van der Waals surface area contributed by atoms with E-state index in [9.17, 15) is 9.18 Å². The van der Waals surface area contributed by atoms with Crippen LogP contribution in [0.5, 0.6) is 0 Å². The number of fused-ring (bicyclic) bond motifs is 1. The van der Waals surface area contributed by atoms with Gasteiger partial charge >= 0.3 is 0 Å². The molecule has 1 amide bonds. The van der Waals surface area contributed by atoms with Crippen molar-refractivity contribution in [2.75, 3.05) is 11.9 Å². The zero-order valence-electron chi connectivity index (χ0n) is 9.00. The van der Waals surface area contributed by atoms with Gasteiger partial charge in [-0.25, -0.2) is 4.39 Å². The fourth-order valence-electron chi connectivity index (χ4n) is 1.63. The average molecular weight is 316 g/mol. The zero-order valence-corrected chi connectivity index (χ0v) is 11.4. The van der Waals surface area contributed by atoms with Gasteiger partial charge in [0.25, 0.3) is 0 Å². The summed E-state index contributed by atoms with van der Waals surface area (Å²) in [5.41, 5.74) is 1.08. The zero-order chi connectivity index (χ0) is 12.3. The first kappa shape index (κ1) is 12.5. The Labute approximate surface area is 111 Å². The summed E-state index contributed by atoms with van der Waals surface area (Å²) >= 11 is 4.68. The van der Waals surface area contributed by atoms with Crippen molar-refractivity contribution in [3.63, 3.8) is 0 Å². The molecule has 0 radical (unpaired) electrons. The molecular weight excluding hydrogens is 305 g/mol. The molecule has 2 aromatic rings. The number of hydrogen-bond acceptors (Lipinski definition) is 2. The first-order valence-corrected chi connectivity index (χ1v) is 7.19. The number of rotatable bonds is 4. The Morgan fingerprint density at radius 3 is 3.06 bits per heavy atom. The van der Waals surface area contributed by atoms with Crippen molar-refractivity contribution in [3.05, 3.63) is 35.0 Å². The second-order valence-electron chi connectivity index (χ2n) is 3.64. The van der Waals surface area contributed by atoms with Crippen molar-refractivity contribution >= 4 is 43.3 Å². The van der Waals surface area contributed by atoms with Crippen molar-refractivity contribution in [2.24, 2.45) is 0 Å². The highest BCUT2D eigenvalue weighted by Gasteiger charge is 2.05. The monoisotopic (exact) mass is 315 g/mol. The lowest BCUT2D eigenvalue weighted by atomic mass is 10.1. The maximum atomic E-state index is 13.1. The van der Waals surface area contributed by atoms with Crippen LogP contribution in [0.4, 0.5) is 4.39 Å². The van der Waals surface area contributed by atoms with Crippen LogP contribution in [0.3, 0.4) is 0 Å². The molecule has 1 aromatic heterocycles. The van der Waals surface area contributed by atoms with E-state index in [1.165, 1.54) is 6.07 Å². The molecule has 0 fully saturated rings. The van der Waals surface area contributed by atoms with E-state index in [0.29, 0.717) is 11.9 Å². The fourth-order valence-corrected chi connectivity index (χ4v) is 2.81. The molecule has 5 heteroatoms. The Morgan fingerprint density at radius 2 is 2.29 bits per heavy atom. The summed E-state index contributed by atoms with van der Waals surface area (Å²) in [4.78, 5) is 11.0. The van der Waals surface area contributed by atoms with Crippen molar-refractivity contribution in [1.82, 2.24) is 5.32 Å². The lowest BCUT2D eigenvalue weighted by Gasteiger charge is -2.02. The smallest absolute Gasteiger partial charge is 0.230 e. The molecule has 0 saturated carbocycles. The predicted molar refractivity (Wildman–Crippen MR) is 72.3 cm³/mol. The van der Waals surface area contributed by atoms with Gasteiger partial charge in [0.15, 0.2) is 0 Å². The van der Waals surface area contributed by atoms with Gasteiger partial charge in [-0.2, -0.15) is 0 Å². The van der Waals surface area contributed by atoms with E-state index < -0.39 is 0 Å². The van der Waals surface area contributed by atoms with Gasteiger partial charge in [-0.15, -0.1) is 11.3 Å². The molecule has 17 heavy (non-hydrogen) atoms. The number of alkyl halides is 1. The molecule has 0 bridgehead atoms. The van der Waals surface area contributed by atoms with E-state index in [1.54, 1.807) is 23.5 Å². The third-order valence-electron chi connectivity index (χ3n) is 2.45. The van der Waals surface area contributed by atoms with Crippen molar-refractivity contribution in [2.45, 2.75) is 6.42 Å². The number of carbonyl (C=O) groups excluding carboxylic acids is 1. The molecule has 0 aliphatic heterocycles. The first-order chi connectivity index (χ1) is 8.20. The number of carbonyl (C=O) groups is 1. The van der Waals surface area contributed by atoms with Crippen molar-refractivity contribution in [1.29, 1.82) is 0 Å². The van der Waals surface area contributed by atoms with Gasteiger partial charge in [-0.05, 0) is 40.9 Å². The molecule has 0 aliphatic rings. The van der Waals surface area contributed by atoms with E-state index >= 15 is 0 Å². The summed E-state index contributed by atoms with van der Waals surface area (Å²) in [5.74, 6) is -0.252. The Bertz CT molecular complexity index is 540. The van der Waals surface area contributed by atoms with Crippen LogP contribution in [0.2, 0.25) is 0 Å². The largest absolute Gasteiger partial charge is 0.355 e. The molecule has 0 unspecified atom stereocenters.